The largest absolute Gasteiger partial charge is 0.309 e. The predicted molar refractivity (Wildman–Crippen MR) is 104 cm³/mol. The van der Waals surface area contributed by atoms with Crippen molar-refractivity contribution in [2.24, 2.45) is 0 Å². The molecule has 3 unspecified atom stereocenters. The fourth-order valence-electron chi connectivity index (χ4n) is 2.94. The molecule has 0 aromatic carbocycles. The number of hydrogen-bond donors (Lipinski definition) is 0. The first kappa shape index (κ1) is 17.2. The van der Waals surface area contributed by atoms with Crippen molar-refractivity contribution in [1.29, 1.82) is 0 Å². The van der Waals surface area contributed by atoms with E-state index in [-0.39, 0.29) is 19.6 Å². The van der Waals surface area contributed by atoms with Crippen LogP contribution in [0, 0.1) is 0 Å². The minimum atomic E-state index is -0.216. The van der Waals surface area contributed by atoms with Gasteiger partial charge in [0, 0.05) is 36.8 Å². The molecule has 144 valence electrons. The summed E-state index contributed by atoms with van der Waals surface area (Å²) in [4.78, 5) is 5.83. The average Bonchev–Trinajstić information content (AvgIpc) is 2.61. The zero-order valence-electron chi connectivity index (χ0n) is 19.8. The summed E-state index contributed by atoms with van der Waals surface area (Å²) in [7, 11) is 11.7. The Morgan fingerprint density at radius 2 is 1.04 bits per heavy atom. The summed E-state index contributed by atoms with van der Waals surface area (Å²) in [5.41, 5.74) is 0. The quantitative estimate of drug-likeness (QED) is 0.521. The van der Waals surface area contributed by atoms with Gasteiger partial charge in [0.25, 0.3) is 0 Å². The molecule has 1 aliphatic heterocycles. The lowest BCUT2D eigenvalue weighted by molar-refractivity contribution is -0.212. The summed E-state index contributed by atoms with van der Waals surface area (Å²) in [6.45, 7) is 3.91. The van der Waals surface area contributed by atoms with Crippen LogP contribution in [-0.4, -0.2) is 124 Å². The van der Waals surface area contributed by atoms with E-state index in [4.69, 9.17) is 4.11 Å². The van der Waals surface area contributed by atoms with Gasteiger partial charge < -0.3 is 14.7 Å². The van der Waals surface area contributed by atoms with Gasteiger partial charge in [-0.15, -0.1) is 0 Å². The molecule has 0 aromatic rings. The Bertz CT molecular complexity index is 373. The lowest BCUT2D eigenvalue weighted by Crippen LogP contribution is -2.59. The lowest BCUT2D eigenvalue weighted by atomic mass is 10.3. The van der Waals surface area contributed by atoms with E-state index in [0.717, 1.165) is 58.4 Å². The van der Waals surface area contributed by atoms with Gasteiger partial charge in [0.15, 0.2) is 0 Å². The topological polar surface area (TPSA) is 19.4 Å². The van der Waals surface area contributed by atoms with Crippen LogP contribution in [-0.2, 0) is 0 Å². The molecule has 1 heterocycles. The van der Waals surface area contributed by atoms with Crippen molar-refractivity contribution in [2.75, 3.05) is 94.6 Å². The fraction of sp³-hybridized carbons (Fsp3) is 1.00. The second-order valence-corrected chi connectivity index (χ2v) is 7.16. The van der Waals surface area contributed by atoms with Crippen LogP contribution < -0.4 is 0 Å². The van der Waals surface area contributed by atoms with E-state index in [0.29, 0.717) is 0 Å². The zero-order chi connectivity index (χ0) is 20.6. The Balaban J connectivity index is 2.72. The molecule has 0 aliphatic carbocycles. The molecule has 0 N–H and O–H groups in total. The standard InChI is InChI=1S/C18H42N6/c1-19(2)11-7-14-22-16-10-17-23(15-8-12-20(3)4)24(22)18-9-13-21(5)6/h7-18H2,1-6H3/i11D,12D,13D. The highest BCUT2D eigenvalue weighted by molar-refractivity contribution is 4.68. The van der Waals surface area contributed by atoms with Gasteiger partial charge in [0.2, 0.25) is 0 Å². The third-order valence-electron chi connectivity index (χ3n) is 4.07. The molecular weight excluding hydrogens is 300 g/mol. The van der Waals surface area contributed by atoms with Crippen molar-refractivity contribution in [2.45, 2.75) is 25.7 Å². The molecule has 3 atom stereocenters. The molecule has 0 amide bonds. The molecule has 6 heteroatoms. The van der Waals surface area contributed by atoms with Gasteiger partial charge in [-0.25, -0.2) is 10.0 Å². The minimum Gasteiger partial charge on any atom is -0.309 e. The fourth-order valence-corrected chi connectivity index (χ4v) is 2.94. The summed E-state index contributed by atoms with van der Waals surface area (Å²) < 4.78 is 24.6. The molecule has 1 aliphatic rings. The highest BCUT2D eigenvalue weighted by atomic mass is 15.9. The third-order valence-corrected chi connectivity index (χ3v) is 4.07. The number of nitrogens with zero attached hydrogens (tertiary/aromatic N) is 6. The average molecular weight is 346 g/mol. The normalized spacial score (nSPS) is 24.1. The van der Waals surface area contributed by atoms with Crippen molar-refractivity contribution in [3.8, 4) is 0 Å². The first-order valence-corrected chi connectivity index (χ1v) is 9.16. The van der Waals surface area contributed by atoms with Crippen LogP contribution in [0.15, 0.2) is 0 Å². The Morgan fingerprint density at radius 1 is 0.667 bits per heavy atom. The Kier molecular flexibility index (Phi) is 8.71. The van der Waals surface area contributed by atoms with Crippen molar-refractivity contribution >= 4 is 0 Å². The number of hydrogen-bond acceptors (Lipinski definition) is 6. The lowest BCUT2D eigenvalue weighted by Gasteiger charge is -2.47. The van der Waals surface area contributed by atoms with Gasteiger partial charge in [-0.05, 0) is 87.5 Å². The molecule has 0 saturated carbocycles. The summed E-state index contributed by atoms with van der Waals surface area (Å²) in [5.74, 6) is 0. The van der Waals surface area contributed by atoms with Crippen LogP contribution >= 0.6 is 0 Å². The molecule has 0 spiro atoms. The van der Waals surface area contributed by atoms with Crippen LogP contribution in [0.3, 0.4) is 0 Å². The summed E-state index contributed by atoms with van der Waals surface area (Å²) in [6.07, 6.45) is 3.47. The monoisotopic (exact) mass is 345 g/mol. The third kappa shape index (κ3) is 9.30. The van der Waals surface area contributed by atoms with Gasteiger partial charge in [-0.3, -0.25) is 0 Å². The maximum absolute atomic E-state index is 8.22. The molecule has 0 aromatic heterocycles. The smallest absolute Gasteiger partial charge is 0.0431 e. The molecule has 24 heavy (non-hydrogen) atoms. The molecular formula is C18H42N6. The van der Waals surface area contributed by atoms with Gasteiger partial charge in [0.1, 0.15) is 0 Å². The maximum atomic E-state index is 8.22. The Labute approximate surface area is 155 Å². The Hall–Kier alpha value is -0.240. The van der Waals surface area contributed by atoms with E-state index in [9.17, 15) is 0 Å². The van der Waals surface area contributed by atoms with E-state index in [1.165, 1.54) is 0 Å². The van der Waals surface area contributed by atoms with Crippen molar-refractivity contribution in [3.05, 3.63) is 0 Å². The highest BCUT2D eigenvalue weighted by Gasteiger charge is 2.25. The molecule has 1 rings (SSSR count). The predicted octanol–water partition coefficient (Wildman–Crippen LogP) is 0.981. The second kappa shape index (κ2) is 12.2. The Morgan fingerprint density at radius 3 is 1.42 bits per heavy atom. The summed E-state index contributed by atoms with van der Waals surface area (Å²) in [6, 6.07) is 0. The van der Waals surface area contributed by atoms with Crippen LogP contribution in [0.2, 0.25) is 0 Å². The number of rotatable bonds is 12. The first-order valence-electron chi connectivity index (χ1n) is 10.9. The van der Waals surface area contributed by atoms with E-state index >= 15 is 0 Å². The summed E-state index contributed by atoms with van der Waals surface area (Å²) in [5, 5.41) is 7.01. The van der Waals surface area contributed by atoms with Gasteiger partial charge in [-0.1, -0.05) is 0 Å². The van der Waals surface area contributed by atoms with Crippen LogP contribution in [0.1, 0.15) is 29.8 Å². The van der Waals surface area contributed by atoms with Gasteiger partial charge in [0.05, 0.1) is 0 Å². The van der Waals surface area contributed by atoms with Gasteiger partial charge in [-0.2, -0.15) is 5.12 Å². The van der Waals surface area contributed by atoms with Crippen LogP contribution in [0.4, 0.5) is 0 Å². The second-order valence-electron chi connectivity index (χ2n) is 7.16. The summed E-state index contributed by atoms with van der Waals surface area (Å²) >= 11 is 0. The van der Waals surface area contributed by atoms with E-state index in [1.807, 2.05) is 57.0 Å². The first-order chi connectivity index (χ1) is 12.6. The van der Waals surface area contributed by atoms with Gasteiger partial charge >= 0.3 is 0 Å². The molecule has 6 nitrogen and oxygen atoms in total. The van der Waals surface area contributed by atoms with E-state index in [1.54, 1.807) is 0 Å². The zero-order valence-corrected chi connectivity index (χ0v) is 16.8. The SMILES string of the molecule is [2H]C(CCN1CCCN(CCC([2H])N(C)C)N1CCC([2H])N(C)C)N(C)C. The van der Waals surface area contributed by atoms with Crippen molar-refractivity contribution in [3.63, 3.8) is 0 Å². The van der Waals surface area contributed by atoms with E-state index in [2.05, 4.69) is 15.1 Å². The highest BCUT2D eigenvalue weighted by Crippen LogP contribution is 2.15. The molecule has 1 saturated heterocycles. The minimum absolute atomic E-state index is 0.195. The molecule has 0 bridgehead atoms. The van der Waals surface area contributed by atoms with Crippen molar-refractivity contribution in [1.82, 2.24) is 29.8 Å². The molecule has 1 fully saturated rings. The molecule has 0 radical (unpaired) electrons. The maximum Gasteiger partial charge on any atom is 0.0431 e. The van der Waals surface area contributed by atoms with E-state index < -0.39 is 0 Å². The van der Waals surface area contributed by atoms with Crippen molar-refractivity contribution < 1.29 is 4.11 Å². The van der Waals surface area contributed by atoms with Crippen LogP contribution in [0.25, 0.3) is 0 Å². The number of hydrazine groups is 2. The van der Waals surface area contributed by atoms with Crippen LogP contribution in [0.5, 0.6) is 0 Å².